The molecule has 0 bridgehead atoms. The van der Waals surface area contributed by atoms with Gasteiger partial charge in [-0.1, -0.05) is 4.98 Å². The van der Waals surface area contributed by atoms with Crippen LogP contribution in [0.25, 0.3) is 0 Å². The summed E-state index contributed by atoms with van der Waals surface area (Å²) in [4.78, 5) is 22.6. The Morgan fingerprint density at radius 1 is 1.80 bits per heavy atom. The summed E-state index contributed by atoms with van der Waals surface area (Å²) in [6, 6.07) is 0. The van der Waals surface area contributed by atoms with Gasteiger partial charge in [-0.05, 0) is 4.92 Å². The van der Waals surface area contributed by atoms with Gasteiger partial charge >= 0.3 is 5.95 Å². The molecule has 10 heavy (non-hydrogen) atoms. The molecule has 0 aliphatic heterocycles. The minimum atomic E-state index is -0.728. The summed E-state index contributed by atoms with van der Waals surface area (Å²) < 4.78 is 0.792. The summed E-state index contributed by atoms with van der Waals surface area (Å²) in [5.41, 5.74) is 0. The van der Waals surface area contributed by atoms with Crippen LogP contribution >= 0.6 is 0 Å². The molecule has 0 N–H and O–H groups in total. The van der Waals surface area contributed by atoms with Crippen molar-refractivity contribution in [3.63, 3.8) is 0 Å². The number of imidazole rings is 1. The number of rotatable bonds is 2. The summed E-state index contributed by atoms with van der Waals surface area (Å²) >= 11 is 0. The maximum absolute atomic E-state index is 10.0. The minimum Gasteiger partial charge on any atom is -0.390 e. The van der Waals surface area contributed by atoms with Crippen molar-refractivity contribution in [3.8, 4) is 0 Å². The number of carbonyl (C=O) groups is 1. The SMILES string of the molecule is O=Cn1ccnc1[N+](=O)[O-]. The molecule has 0 radical (unpaired) electrons. The van der Waals surface area contributed by atoms with Crippen LogP contribution in [0.15, 0.2) is 12.4 Å². The van der Waals surface area contributed by atoms with Crippen LogP contribution in [-0.2, 0) is 4.79 Å². The summed E-state index contributed by atoms with van der Waals surface area (Å²) in [5.74, 6) is -0.463. The van der Waals surface area contributed by atoms with Gasteiger partial charge in [0.25, 0.3) is 6.41 Å². The molecule has 6 nitrogen and oxygen atoms in total. The highest BCUT2D eigenvalue weighted by Gasteiger charge is 2.11. The molecule has 0 fully saturated rings. The van der Waals surface area contributed by atoms with Gasteiger partial charge in [-0.25, -0.2) is 0 Å². The first kappa shape index (κ1) is 6.40. The fraction of sp³-hybridized carbons (Fsp3) is 0. The molecule has 6 heteroatoms. The first-order valence-corrected chi connectivity index (χ1v) is 2.38. The van der Waals surface area contributed by atoms with E-state index in [1.807, 2.05) is 0 Å². The summed E-state index contributed by atoms with van der Waals surface area (Å²) in [7, 11) is 0. The Balaban J connectivity index is 3.13. The van der Waals surface area contributed by atoms with Crippen molar-refractivity contribution in [2.45, 2.75) is 0 Å². The zero-order valence-corrected chi connectivity index (χ0v) is 4.80. The summed E-state index contributed by atoms with van der Waals surface area (Å²) in [5, 5.41) is 10.0. The quantitative estimate of drug-likeness (QED) is 0.325. The Bertz CT molecular complexity index is 266. The van der Waals surface area contributed by atoms with Gasteiger partial charge in [0.1, 0.15) is 12.4 Å². The van der Waals surface area contributed by atoms with E-state index < -0.39 is 10.9 Å². The number of nitrogens with zero attached hydrogens (tertiary/aromatic N) is 3. The maximum Gasteiger partial charge on any atom is 0.441 e. The minimum absolute atomic E-state index is 0.325. The van der Waals surface area contributed by atoms with Crippen molar-refractivity contribution in [1.29, 1.82) is 0 Å². The standard InChI is InChI=1S/C4H3N3O3/c8-3-6-2-1-5-4(6)7(9)10/h1-3H. The number of carbonyl (C=O) groups excluding carboxylic acids is 1. The van der Waals surface area contributed by atoms with Crippen molar-refractivity contribution < 1.29 is 9.72 Å². The molecule has 0 saturated heterocycles. The molecule has 0 aliphatic rings. The fourth-order valence-electron chi connectivity index (χ4n) is 0.529. The number of hydrogen-bond acceptors (Lipinski definition) is 4. The van der Waals surface area contributed by atoms with E-state index >= 15 is 0 Å². The van der Waals surface area contributed by atoms with E-state index in [0.717, 1.165) is 4.57 Å². The van der Waals surface area contributed by atoms with Crippen molar-refractivity contribution in [3.05, 3.63) is 22.5 Å². The summed E-state index contributed by atoms with van der Waals surface area (Å²) in [6.07, 6.45) is 2.72. The summed E-state index contributed by atoms with van der Waals surface area (Å²) in [6.45, 7) is 0. The van der Waals surface area contributed by atoms with Crippen LogP contribution in [0.1, 0.15) is 0 Å². The Labute approximate surface area is 55.2 Å². The second-order valence-corrected chi connectivity index (χ2v) is 1.50. The van der Waals surface area contributed by atoms with Crippen molar-refractivity contribution in [2.24, 2.45) is 0 Å². The highest BCUT2D eigenvalue weighted by Crippen LogP contribution is 2.02. The van der Waals surface area contributed by atoms with Crippen LogP contribution in [0.3, 0.4) is 0 Å². The lowest BCUT2D eigenvalue weighted by molar-refractivity contribution is -0.395. The van der Waals surface area contributed by atoms with Gasteiger partial charge < -0.3 is 10.1 Å². The maximum atomic E-state index is 10.0. The van der Waals surface area contributed by atoms with Gasteiger partial charge in [0.2, 0.25) is 0 Å². The van der Waals surface area contributed by atoms with E-state index in [9.17, 15) is 14.9 Å². The topological polar surface area (TPSA) is 78.0 Å². The molecule has 0 aromatic carbocycles. The van der Waals surface area contributed by atoms with Crippen LogP contribution in [0.4, 0.5) is 5.95 Å². The smallest absolute Gasteiger partial charge is 0.390 e. The van der Waals surface area contributed by atoms with E-state index in [1.165, 1.54) is 12.4 Å². The molecular weight excluding hydrogens is 138 g/mol. The van der Waals surface area contributed by atoms with Gasteiger partial charge in [-0.3, -0.25) is 4.79 Å². The monoisotopic (exact) mass is 141 g/mol. The van der Waals surface area contributed by atoms with Crippen LogP contribution in [-0.4, -0.2) is 20.9 Å². The van der Waals surface area contributed by atoms with Crippen molar-refractivity contribution >= 4 is 12.4 Å². The fourth-order valence-corrected chi connectivity index (χ4v) is 0.529. The van der Waals surface area contributed by atoms with E-state index in [-0.39, 0.29) is 0 Å². The van der Waals surface area contributed by atoms with Crippen molar-refractivity contribution in [2.75, 3.05) is 0 Å². The number of aromatic nitrogens is 2. The van der Waals surface area contributed by atoms with Crippen LogP contribution in [0, 0.1) is 10.1 Å². The molecule has 0 atom stereocenters. The van der Waals surface area contributed by atoms with E-state index in [4.69, 9.17) is 0 Å². The zero-order valence-electron chi connectivity index (χ0n) is 4.80. The molecule has 1 aromatic rings. The van der Waals surface area contributed by atoms with E-state index in [1.54, 1.807) is 0 Å². The average molecular weight is 141 g/mol. The predicted molar refractivity (Wildman–Crippen MR) is 31.0 cm³/mol. The lowest BCUT2D eigenvalue weighted by atomic mass is 10.9. The zero-order chi connectivity index (χ0) is 7.56. The van der Waals surface area contributed by atoms with E-state index in [0.29, 0.717) is 6.41 Å². The Morgan fingerprint density at radius 3 is 2.90 bits per heavy atom. The normalized spacial score (nSPS) is 9.20. The first-order chi connectivity index (χ1) is 4.75. The highest BCUT2D eigenvalue weighted by molar-refractivity contribution is 5.55. The molecule has 1 aromatic heterocycles. The molecule has 52 valence electrons. The molecule has 0 aliphatic carbocycles. The average Bonchev–Trinajstić information content (AvgIpc) is 2.33. The van der Waals surface area contributed by atoms with E-state index in [2.05, 4.69) is 4.98 Å². The number of nitro groups is 1. The van der Waals surface area contributed by atoms with Gasteiger partial charge in [0.15, 0.2) is 0 Å². The Morgan fingerprint density at radius 2 is 2.50 bits per heavy atom. The van der Waals surface area contributed by atoms with Gasteiger partial charge in [0.05, 0.1) is 0 Å². The Kier molecular flexibility index (Phi) is 1.44. The molecule has 0 saturated carbocycles. The van der Waals surface area contributed by atoms with Crippen LogP contribution in [0.2, 0.25) is 0 Å². The molecule has 0 spiro atoms. The Hall–Kier alpha value is -1.72. The largest absolute Gasteiger partial charge is 0.441 e. The molecular formula is C4H3N3O3. The second-order valence-electron chi connectivity index (χ2n) is 1.50. The first-order valence-electron chi connectivity index (χ1n) is 2.38. The van der Waals surface area contributed by atoms with Crippen LogP contribution in [0.5, 0.6) is 0 Å². The predicted octanol–water partition coefficient (Wildman–Crippen LogP) is -0.170. The van der Waals surface area contributed by atoms with Gasteiger partial charge in [-0.15, -0.1) is 0 Å². The van der Waals surface area contributed by atoms with Crippen LogP contribution < -0.4 is 0 Å². The molecule has 1 heterocycles. The third-order valence-corrected chi connectivity index (χ3v) is 0.925. The molecule has 0 amide bonds. The van der Waals surface area contributed by atoms with Gasteiger partial charge in [-0.2, -0.15) is 4.57 Å². The lowest BCUT2D eigenvalue weighted by Crippen LogP contribution is -2.00. The third kappa shape index (κ3) is 0.859. The van der Waals surface area contributed by atoms with Gasteiger partial charge in [0, 0.05) is 0 Å². The lowest BCUT2D eigenvalue weighted by Gasteiger charge is -1.89. The third-order valence-electron chi connectivity index (χ3n) is 0.925. The second kappa shape index (κ2) is 2.26. The molecule has 0 unspecified atom stereocenters. The molecule has 1 rings (SSSR count). The number of hydrogen-bond donors (Lipinski definition) is 0. The highest BCUT2D eigenvalue weighted by atomic mass is 16.6. The van der Waals surface area contributed by atoms with Crippen molar-refractivity contribution in [1.82, 2.24) is 9.55 Å².